The molecular weight excluding hydrogens is 505 g/mol. The van der Waals surface area contributed by atoms with Crippen molar-refractivity contribution in [1.29, 1.82) is 0 Å². The van der Waals surface area contributed by atoms with Gasteiger partial charge < -0.3 is 24.8 Å². The van der Waals surface area contributed by atoms with Crippen LogP contribution in [0.1, 0.15) is 15.9 Å². The van der Waals surface area contributed by atoms with E-state index in [1.54, 1.807) is 36.4 Å². The van der Waals surface area contributed by atoms with Crippen LogP contribution in [0.15, 0.2) is 66.7 Å². The molecule has 0 aliphatic carbocycles. The minimum Gasteiger partial charge on any atom is -0.487 e. The molecule has 0 saturated carbocycles. The number of rotatable bonds is 2. The number of halogens is 1. The van der Waals surface area contributed by atoms with Gasteiger partial charge >= 0.3 is 5.97 Å². The highest BCUT2D eigenvalue weighted by Crippen LogP contribution is 2.27. The maximum absolute atomic E-state index is 14.8. The van der Waals surface area contributed by atoms with Crippen LogP contribution in [0.4, 0.5) is 4.39 Å². The number of amides is 2. The summed E-state index contributed by atoms with van der Waals surface area (Å²) < 4.78 is 31.5. The molecule has 2 amide bonds. The number of benzene rings is 3. The van der Waals surface area contributed by atoms with Gasteiger partial charge in [-0.3, -0.25) is 19.3 Å². The lowest BCUT2D eigenvalue weighted by Gasteiger charge is -2.22. The van der Waals surface area contributed by atoms with Crippen LogP contribution in [0, 0.1) is 5.82 Å². The molecule has 2 N–H and O–H groups in total. The van der Waals surface area contributed by atoms with Crippen LogP contribution in [-0.4, -0.2) is 68.2 Å². The van der Waals surface area contributed by atoms with Crippen LogP contribution in [0.5, 0.6) is 11.5 Å². The molecule has 0 aromatic heterocycles. The molecule has 3 aliphatic heterocycles. The van der Waals surface area contributed by atoms with Gasteiger partial charge in [-0.15, -0.1) is 0 Å². The van der Waals surface area contributed by atoms with Gasteiger partial charge in [-0.25, -0.2) is 4.39 Å². The Morgan fingerprint density at radius 3 is 2.62 bits per heavy atom. The molecule has 0 radical (unpaired) electrons. The van der Waals surface area contributed by atoms with Gasteiger partial charge in [0.2, 0.25) is 0 Å². The molecular formula is C29H28FN3O6. The van der Waals surface area contributed by atoms with Gasteiger partial charge in [-0.2, -0.15) is 0 Å². The van der Waals surface area contributed by atoms with Gasteiger partial charge in [0.15, 0.2) is 6.61 Å². The SMILES string of the molecule is COC(=O)CN1C[C@@H]2NC(=O)c3cc(ccc3F)-c3cccc(c3)OCC(=O)NCc3ccc(cc3)O[C@H]2C1. The van der Waals surface area contributed by atoms with E-state index in [0.29, 0.717) is 42.3 Å². The molecule has 39 heavy (non-hydrogen) atoms. The van der Waals surface area contributed by atoms with E-state index in [4.69, 9.17) is 14.2 Å². The van der Waals surface area contributed by atoms with Crippen molar-refractivity contribution in [3.8, 4) is 22.6 Å². The smallest absolute Gasteiger partial charge is 0.319 e. The van der Waals surface area contributed by atoms with E-state index in [0.717, 1.165) is 5.56 Å². The fraction of sp³-hybridized carbons (Fsp3) is 0.276. The largest absolute Gasteiger partial charge is 0.487 e. The molecule has 6 rings (SSSR count). The Bertz CT molecular complexity index is 1380. The first kappa shape index (κ1) is 26.2. The van der Waals surface area contributed by atoms with Crippen LogP contribution in [0.25, 0.3) is 11.1 Å². The molecule has 0 unspecified atom stereocenters. The minimum atomic E-state index is -0.667. The molecule has 3 aromatic carbocycles. The van der Waals surface area contributed by atoms with Crippen molar-refractivity contribution in [2.24, 2.45) is 0 Å². The normalized spacial score (nSPS) is 19.6. The second-order valence-corrected chi connectivity index (χ2v) is 9.44. The fourth-order valence-corrected chi connectivity index (χ4v) is 4.64. The maximum atomic E-state index is 14.8. The van der Waals surface area contributed by atoms with Crippen LogP contribution >= 0.6 is 0 Å². The summed E-state index contributed by atoms with van der Waals surface area (Å²) in [6, 6.07) is 18.0. The molecule has 3 heterocycles. The van der Waals surface area contributed by atoms with Crippen molar-refractivity contribution in [2.75, 3.05) is 33.4 Å². The van der Waals surface area contributed by atoms with E-state index < -0.39 is 29.8 Å². The van der Waals surface area contributed by atoms with E-state index in [1.165, 1.54) is 19.2 Å². The van der Waals surface area contributed by atoms with E-state index in [-0.39, 0.29) is 24.6 Å². The summed E-state index contributed by atoms with van der Waals surface area (Å²) >= 11 is 0. The van der Waals surface area contributed by atoms with Crippen LogP contribution in [-0.2, 0) is 20.9 Å². The number of carbonyl (C=O) groups is 3. The number of nitrogens with zero attached hydrogens (tertiary/aromatic N) is 1. The Labute approximate surface area is 224 Å². The zero-order chi connectivity index (χ0) is 27.4. The molecule has 6 bridgehead atoms. The summed E-state index contributed by atoms with van der Waals surface area (Å²) in [5.74, 6) is -0.932. The Hall–Kier alpha value is -4.44. The Morgan fingerprint density at radius 1 is 1.03 bits per heavy atom. The predicted octanol–water partition coefficient (Wildman–Crippen LogP) is 2.54. The van der Waals surface area contributed by atoms with Crippen LogP contribution in [0.2, 0.25) is 0 Å². The number of fused-ring (bicyclic) bond motifs is 7. The lowest BCUT2D eigenvalue weighted by atomic mass is 10.0. The highest BCUT2D eigenvalue weighted by Gasteiger charge is 2.37. The van der Waals surface area contributed by atoms with Crippen molar-refractivity contribution in [3.63, 3.8) is 0 Å². The lowest BCUT2D eigenvalue weighted by Crippen LogP contribution is -2.45. The Kier molecular flexibility index (Phi) is 7.74. The third-order valence-corrected chi connectivity index (χ3v) is 6.69. The summed E-state index contributed by atoms with van der Waals surface area (Å²) in [6.07, 6.45) is -0.505. The highest BCUT2D eigenvalue weighted by molar-refractivity contribution is 5.96. The lowest BCUT2D eigenvalue weighted by molar-refractivity contribution is -0.141. The average Bonchev–Trinajstić information content (AvgIpc) is 3.31. The first-order valence-corrected chi connectivity index (χ1v) is 12.5. The van der Waals surface area contributed by atoms with E-state index in [9.17, 15) is 18.8 Å². The number of ether oxygens (including phenoxy) is 3. The van der Waals surface area contributed by atoms with Crippen LogP contribution < -0.4 is 20.1 Å². The van der Waals surface area contributed by atoms with Gasteiger partial charge in [0.25, 0.3) is 11.8 Å². The average molecular weight is 534 g/mol. The zero-order valence-corrected chi connectivity index (χ0v) is 21.3. The van der Waals surface area contributed by atoms with E-state index in [1.807, 2.05) is 23.1 Å². The number of hydrogen-bond acceptors (Lipinski definition) is 7. The van der Waals surface area contributed by atoms with Crippen molar-refractivity contribution >= 4 is 17.8 Å². The molecule has 1 saturated heterocycles. The highest BCUT2D eigenvalue weighted by atomic mass is 19.1. The zero-order valence-electron chi connectivity index (χ0n) is 21.3. The van der Waals surface area contributed by atoms with Gasteiger partial charge in [-0.1, -0.05) is 30.3 Å². The molecule has 202 valence electrons. The molecule has 3 aliphatic rings. The van der Waals surface area contributed by atoms with Crippen LogP contribution in [0.3, 0.4) is 0 Å². The van der Waals surface area contributed by atoms with Gasteiger partial charge in [0, 0.05) is 19.6 Å². The third kappa shape index (κ3) is 6.35. The summed E-state index contributed by atoms with van der Waals surface area (Å²) in [5.41, 5.74) is 2.05. The number of likely N-dealkylation sites (tertiary alicyclic amines) is 1. The quantitative estimate of drug-likeness (QED) is 0.488. The fourth-order valence-electron chi connectivity index (χ4n) is 4.64. The number of hydrogen-bond donors (Lipinski definition) is 2. The number of methoxy groups -OCH3 is 1. The molecule has 9 nitrogen and oxygen atoms in total. The Morgan fingerprint density at radius 2 is 1.82 bits per heavy atom. The standard InChI is InChI=1S/C29H28FN3O6/c1-37-28(35)16-33-14-25-26(15-33)39-21-8-5-18(6-9-21)13-31-27(34)17-38-22-4-2-3-19(11-22)20-7-10-24(30)23(12-20)29(36)32-25/h2-12,25-26H,13-17H2,1H3,(H,31,34)(H,32,36)/t25-,26-/m0/s1. The van der Waals surface area contributed by atoms with Crippen molar-refractivity contribution in [1.82, 2.24) is 15.5 Å². The summed E-state index contributed by atoms with van der Waals surface area (Å²) in [7, 11) is 1.31. The molecule has 3 aromatic rings. The second kappa shape index (κ2) is 11.5. The molecule has 10 heteroatoms. The number of nitrogens with one attached hydrogen (secondary N) is 2. The monoisotopic (exact) mass is 533 g/mol. The predicted molar refractivity (Wildman–Crippen MR) is 140 cm³/mol. The van der Waals surface area contributed by atoms with Crippen molar-refractivity contribution in [3.05, 3.63) is 83.7 Å². The first-order valence-electron chi connectivity index (χ1n) is 12.5. The van der Waals surface area contributed by atoms with E-state index in [2.05, 4.69) is 10.6 Å². The van der Waals surface area contributed by atoms with Gasteiger partial charge in [0.1, 0.15) is 23.4 Å². The summed E-state index contributed by atoms with van der Waals surface area (Å²) in [4.78, 5) is 39.4. The first-order chi connectivity index (χ1) is 18.9. The van der Waals surface area contributed by atoms with Crippen molar-refractivity contribution < 1.29 is 33.0 Å². The number of esters is 1. The van der Waals surface area contributed by atoms with Gasteiger partial charge in [-0.05, 0) is 53.1 Å². The Balaban J connectivity index is 1.47. The summed E-state index contributed by atoms with van der Waals surface area (Å²) in [6.45, 7) is 0.843. The number of carbonyl (C=O) groups excluding carboxylic acids is 3. The van der Waals surface area contributed by atoms with Crippen molar-refractivity contribution in [2.45, 2.75) is 18.7 Å². The topological polar surface area (TPSA) is 106 Å². The van der Waals surface area contributed by atoms with E-state index >= 15 is 0 Å². The summed E-state index contributed by atoms with van der Waals surface area (Å²) in [5, 5.41) is 5.73. The maximum Gasteiger partial charge on any atom is 0.319 e. The molecule has 2 atom stereocenters. The second-order valence-electron chi connectivity index (χ2n) is 9.44. The van der Waals surface area contributed by atoms with Gasteiger partial charge in [0.05, 0.1) is 25.3 Å². The molecule has 0 spiro atoms. The third-order valence-electron chi connectivity index (χ3n) is 6.69. The molecule has 1 fully saturated rings. The minimum absolute atomic E-state index is 0.0314.